The van der Waals surface area contributed by atoms with Crippen molar-refractivity contribution in [3.8, 4) is 0 Å². The fraction of sp³-hybridized carbons (Fsp3) is 0.333. The van der Waals surface area contributed by atoms with Gasteiger partial charge < -0.3 is 9.88 Å². The van der Waals surface area contributed by atoms with Crippen LogP contribution in [0.5, 0.6) is 0 Å². The summed E-state index contributed by atoms with van der Waals surface area (Å²) in [5.41, 5.74) is 5.19. The highest BCUT2D eigenvalue weighted by Crippen LogP contribution is 2.33. The number of amides is 1. The highest BCUT2D eigenvalue weighted by atomic mass is 16.2. The first-order valence-corrected chi connectivity index (χ1v) is 10.2. The first-order valence-electron chi connectivity index (χ1n) is 10.2. The van der Waals surface area contributed by atoms with E-state index in [-0.39, 0.29) is 18.0 Å². The van der Waals surface area contributed by atoms with E-state index in [0.717, 1.165) is 42.1 Å². The Morgan fingerprint density at radius 2 is 1.86 bits per heavy atom. The van der Waals surface area contributed by atoms with Crippen LogP contribution in [0.25, 0.3) is 0 Å². The van der Waals surface area contributed by atoms with Gasteiger partial charge in [-0.2, -0.15) is 0 Å². The lowest BCUT2D eigenvalue weighted by molar-refractivity contribution is -0.122. The average Bonchev–Trinajstić information content (AvgIpc) is 3.14. The van der Waals surface area contributed by atoms with Gasteiger partial charge in [0.05, 0.1) is 17.7 Å². The quantitative estimate of drug-likeness (QED) is 0.700. The third kappa shape index (κ3) is 3.96. The van der Waals surface area contributed by atoms with Crippen molar-refractivity contribution in [3.05, 3.63) is 83.4 Å². The molecule has 2 aromatic carbocycles. The molecule has 0 aliphatic carbocycles. The second-order valence-corrected chi connectivity index (χ2v) is 7.99. The minimum absolute atomic E-state index is 0.00131. The van der Waals surface area contributed by atoms with Crippen molar-refractivity contribution in [2.24, 2.45) is 0 Å². The van der Waals surface area contributed by atoms with Crippen LogP contribution in [0, 0.1) is 6.92 Å². The molecule has 0 fully saturated rings. The minimum atomic E-state index is -0.372. The van der Waals surface area contributed by atoms with E-state index in [2.05, 4.69) is 45.7 Å². The highest BCUT2D eigenvalue weighted by molar-refractivity contribution is 5.96. The summed E-state index contributed by atoms with van der Waals surface area (Å²) >= 11 is 0. The van der Waals surface area contributed by atoms with Crippen molar-refractivity contribution in [3.63, 3.8) is 0 Å². The van der Waals surface area contributed by atoms with Crippen molar-refractivity contribution >= 4 is 11.6 Å². The van der Waals surface area contributed by atoms with Crippen LogP contribution in [-0.4, -0.2) is 26.9 Å². The Balaban J connectivity index is 1.71. The molecule has 0 saturated heterocycles. The van der Waals surface area contributed by atoms with Gasteiger partial charge in [0.1, 0.15) is 6.04 Å². The molecule has 1 aliphatic heterocycles. The summed E-state index contributed by atoms with van der Waals surface area (Å²) in [6.07, 6.45) is 2.74. The van der Waals surface area contributed by atoms with Crippen LogP contribution < -0.4 is 5.32 Å². The van der Waals surface area contributed by atoms with Gasteiger partial charge in [0.25, 0.3) is 0 Å². The Hall–Kier alpha value is -2.92. The van der Waals surface area contributed by atoms with E-state index < -0.39 is 0 Å². The number of para-hydroxylation sites is 1. The number of hydrogen-bond acceptors (Lipinski definition) is 3. The van der Waals surface area contributed by atoms with Crippen LogP contribution in [0.15, 0.2) is 60.9 Å². The van der Waals surface area contributed by atoms with E-state index in [1.807, 2.05) is 55.7 Å². The van der Waals surface area contributed by atoms with E-state index in [9.17, 15) is 4.79 Å². The van der Waals surface area contributed by atoms with Crippen LogP contribution >= 0.6 is 0 Å². The predicted octanol–water partition coefficient (Wildman–Crippen LogP) is 4.51. The van der Waals surface area contributed by atoms with Gasteiger partial charge in [-0.1, -0.05) is 48.5 Å². The molecule has 2 heterocycles. The Kier molecular flexibility index (Phi) is 5.49. The lowest BCUT2D eigenvalue weighted by Gasteiger charge is -2.36. The van der Waals surface area contributed by atoms with E-state index in [1.54, 1.807) is 0 Å². The molecule has 1 amide bonds. The van der Waals surface area contributed by atoms with Crippen LogP contribution in [-0.2, 0) is 17.8 Å². The van der Waals surface area contributed by atoms with E-state index in [4.69, 9.17) is 0 Å². The summed E-state index contributed by atoms with van der Waals surface area (Å²) < 4.78 is 2.15. The number of fused-ring (bicyclic) bond motifs is 1. The summed E-state index contributed by atoms with van der Waals surface area (Å²) in [6.45, 7) is 7.82. The molecule has 1 atom stereocenters. The summed E-state index contributed by atoms with van der Waals surface area (Å²) in [5, 5.41) is 3.17. The molecule has 4 rings (SSSR count). The van der Waals surface area contributed by atoms with E-state index in [0.29, 0.717) is 0 Å². The predicted molar refractivity (Wildman–Crippen MR) is 116 cm³/mol. The number of imidazole rings is 1. The highest BCUT2D eigenvalue weighted by Gasteiger charge is 2.37. The van der Waals surface area contributed by atoms with Crippen molar-refractivity contribution < 1.29 is 4.79 Å². The molecule has 5 heteroatoms. The molecule has 0 bridgehead atoms. The van der Waals surface area contributed by atoms with Crippen molar-refractivity contribution in [2.45, 2.75) is 45.8 Å². The molecule has 0 saturated carbocycles. The van der Waals surface area contributed by atoms with Crippen LogP contribution in [0.2, 0.25) is 0 Å². The van der Waals surface area contributed by atoms with Crippen LogP contribution in [0.4, 0.5) is 5.69 Å². The number of aromatic nitrogens is 2. The second-order valence-electron chi connectivity index (χ2n) is 7.99. The first-order chi connectivity index (χ1) is 14.0. The van der Waals surface area contributed by atoms with Gasteiger partial charge in [-0.25, -0.2) is 4.98 Å². The number of carbonyl (C=O) groups is 1. The lowest BCUT2D eigenvalue weighted by Crippen LogP contribution is -2.42. The number of anilines is 1. The number of nitrogens with zero attached hydrogens (tertiary/aromatic N) is 3. The van der Waals surface area contributed by atoms with Gasteiger partial charge in [0.2, 0.25) is 5.91 Å². The third-order valence-electron chi connectivity index (χ3n) is 5.61. The number of benzene rings is 2. The average molecular weight is 389 g/mol. The number of carbonyl (C=O) groups excluding carboxylic acids is 1. The van der Waals surface area contributed by atoms with Crippen LogP contribution in [0.1, 0.15) is 48.4 Å². The SMILES string of the molecule is Cc1ccccc1NC(=O)[C@H]1c2c(ncn2C(C)C)CCN1Cc1ccccc1. The zero-order valence-electron chi connectivity index (χ0n) is 17.3. The number of aryl methyl sites for hydroxylation is 1. The summed E-state index contributed by atoms with van der Waals surface area (Å²) in [7, 11) is 0. The third-order valence-corrected chi connectivity index (χ3v) is 5.61. The topological polar surface area (TPSA) is 50.2 Å². The monoisotopic (exact) mass is 388 g/mol. The molecule has 0 radical (unpaired) electrons. The number of hydrogen-bond donors (Lipinski definition) is 1. The maximum absolute atomic E-state index is 13.6. The summed E-state index contributed by atoms with van der Waals surface area (Å²) in [4.78, 5) is 20.5. The maximum atomic E-state index is 13.6. The lowest BCUT2D eigenvalue weighted by atomic mass is 9.99. The van der Waals surface area contributed by atoms with Gasteiger partial charge in [0.15, 0.2) is 0 Å². The molecule has 1 aliphatic rings. The van der Waals surface area contributed by atoms with Gasteiger partial charge in [0, 0.05) is 31.2 Å². The molecule has 1 N–H and O–H groups in total. The summed E-state index contributed by atoms with van der Waals surface area (Å²) in [6, 6.07) is 18.1. The molecule has 3 aromatic rings. The second kappa shape index (κ2) is 8.21. The fourth-order valence-corrected chi connectivity index (χ4v) is 4.06. The Morgan fingerprint density at radius 1 is 1.14 bits per heavy atom. The van der Waals surface area contributed by atoms with E-state index in [1.165, 1.54) is 5.56 Å². The molecule has 0 spiro atoms. The molecule has 1 aromatic heterocycles. The van der Waals surface area contributed by atoms with Crippen molar-refractivity contribution in [1.29, 1.82) is 0 Å². The molecule has 150 valence electrons. The van der Waals surface area contributed by atoms with Gasteiger partial charge >= 0.3 is 0 Å². The van der Waals surface area contributed by atoms with Gasteiger partial charge in [-0.05, 0) is 38.0 Å². The smallest absolute Gasteiger partial charge is 0.247 e. The van der Waals surface area contributed by atoms with Gasteiger partial charge in [-0.3, -0.25) is 9.69 Å². The maximum Gasteiger partial charge on any atom is 0.247 e. The van der Waals surface area contributed by atoms with Gasteiger partial charge in [-0.15, -0.1) is 0 Å². The van der Waals surface area contributed by atoms with Crippen molar-refractivity contribution in [2.75, 3.05) is 11.9 Å². The largest absolute Gasteiger partial charge is 0.330 e. The standard InChI is InChI=1S/C24H28N4O/c1-17(2)28-16-25-21-13-14-27(15-19-10-5-4-6-11-19)23(22(21)28)24(29)26-20-12-8-7-9-18(20)3/h4-12,16-17,23H,13-15H2,1-3H3,(H,26,29)/t23-/m1/s1. The van der Waals surface area contributed by atoms with Crippen molar-refractivity contribution in [1.82, 2.24) is 14.5 Å². The molecule has 29 heavy (non-hydrogen) atoms. The molecule has 0 unspecified atom stereocenters. The molecular formula is C24H28N4O. The first kappa shape index (κ1) is 19.4. The zero-order valence-corrected chi connectivity index (χ0v) is 17.3. The Labute approximate surface area is 172 Å². The minimum Gasteiger partial charge on any atom is -0.330 e. The Morgan fingerprint density at radius 3 is 2.59 bits per heavy atom. The Bertz CT molecular complexity index is 993. The normalized spacial score (nSPS) is 16.6. The number of rotatable bonds is 5. The summed E-state index contributed by atoms with van der Waals surface area (Å²) in [5.74, 6) is -0.00131. The molecule has 5 nitrogen and oxygen atoms in total. The fourth-order valence-electron chi connectivity index (χ4n) is 4.06. The van der Waals surface area contributed by atoms with Crippen LogP contribution in [0.3, 0.4) is 0 Å². The molecular weight excluding hydrogens is 360 g/mol. The zero-order chi connectivity index (χ0) is 20.4. The van der Waals surface area contributed by atoms with E-state index >= 15 is 0 Å². The number of nitrogens with one attached hydrogen (secondary N) is 1.